The molecule has 0 radical (unpaired) electrons. The van der Waals surface area contributed by atoms with Gasteiger partial charge in [-0.3, -0.25) is 4.79 Å². The van der Waals surface area contributed by atoms with Gasteiger partial charge in [-0.2, -0.15) is 0 Å². The van der Waals surface area contributed by atoms with Crippen molar-refractivity contribution in [2.45, 2.75) is 19.3 Å². The van der Waals surface area contributed by atoms with Crippen molar-refractivity contribution in [2.24, 2.45) is 0 Å². The molecule has 1 rings (SSSR count). The summed E-state index contributed by atoms with van der Waals surface area (Å²) < 4.78 is 5.94. The summed E-state index contributed by atoms with van der Waals surface area (Å²) in [6, 6.07) is 5.61. The van der Waals surface area contributed by atoms with Gasteiger partial charge in [0.15, 0.2) is 0 Å². The fraction of sp³-hybridized carbons (Fsp3) is 0.364. The topological polar surface area (TPSA) is 46.5 Å². The zero-order valence-corrected chi connectivity index (χ0v) is 10.2. The summed E-state index contributed by atoms with van der Waals surface area (Å²) in [5.41, 5.74) is 0.991. The molecule has 3 nitrogen and oxygen atoms in total. The van der Waals surface area contributed by atoms with Crippen molar-refractivity contribution in [2.75, 3.05) is 7.11 Å². The van der Waals surface area contributed by atoms with Crippen molar-refractivity contribution < 1.29 is 14.6 Å². The van der Waals surface area contributed by atoms with Gasteiger partial charge in [-0.25, -0.2) is 0 Å². The molecule has 15 heavy (non-hydrogen) atoms. The van der Waals surface area contributed by atoms with E-state index in [4.69, 9.17) is 9.84 Å². The van der Waals surface area contributed by atoms with E-state index in [0.717, 1.165) is 15.8 Å². The van der Waals surface area contributed by atoms with Gasteiger partial charge in [-0.05, 0) is 39.5 Å². The van der Waals surface area contributed by atoms with Crippen LogP contribution in [-0.2, 0) is 4.79 Å². The highest BCUT2D eigenvalue weighted by atomic mass is 79.9. The first kappa shape index (κ1) is 12.0. The molecule has 0 aliphatic carbocycles. The van der Waals surface area contributed by atoms with Crippen molar-refractivity contribution in [3.05, 3.63) is 28.2 Å². The Balaban J connectivity index is 2.87. The quantitative estimate of drug-likeness (QED) is 0.917. The van der Waals surface area contributed by atoms with E-state index in [9.17, 15) is 4.79 Å². The summed E-state index contributed by atoms with van der Waals surface area (Å²) in [6.45, 7) is 1.89. The molecule has 82 valence electrons. The predicted molar refractivity (Wildman–Crippen MR) is 61.4 cm³/mol. The number of ether oxygens (including phenoxy) is 1. The third kappa shape index (κ3) is 3.23. The Labute approximate surface area is 97.2 Å². The van der Waals surface area contributed by atoms with E-state index < -0.39 is 5.97 Å². The highest BCUT2D eigenvalue weighted by molar-refractivity contribution is 9.10. The van der Waals surface area contributed by atoms with Gasteiger partial charge < -0.3 is 9.84 Å². The molecule has 0 fully saturated rings. The SMILES string of the molecule is COc1ccc(C(C)CC(=O)O)cc1Br. The number of aliphatic carboxylic acids is 1. The van der Waals surface area contributed by atoms with Crippen LogP contribution in [0.3, 0.4) is 0 Å². The summed E-state index contributed by atoms with van der Waals surface area (Å²) in [5.74, 6) is -0.0274. The maximum atomic E-state index is 10.6. The first-order valence-corrected chi connectivity index (χ1v) is 5.39. The zero-order valence-electron chi connectivity index (χ0n) is 8.66. The molecule has 1 atom stereocenters. The second kappa shape index (κ2) is 5.16. The molecule has 1 aromatic rings. The minimum atomic E-state index is -0.783. The number of methoxy groups -OCH3 is 1. The van der Waals surface area contributed by atoms with Crippen molar-refractivity contribution in [3.63, 3.8) is 0 Å². The van der Waals surface area contributed by atoms with Crippen molar-refractivity contribution >= 4 is 21.9 Å². The van der Waals surface area contributed by atoms with E-state index in [2.05, 4.69) is 15.9 Å². The lowest BCUT2D eigenvalue weighted by molar-refractivity contribution is -0.137. The van der Waals surface area contributed by atoms with Crippen LogP contribution in [0.2, 0.25) is 0 Å². The number of carboxylic acid groups (broad SMARTS) is 1. The number of halogens is 1. The second-order valence-corrected chi connectivity index (χ2v) is 4.25. The third-order valence-corrected chi connectivity index (χ3v) is 2.85. The predicted octanol–water partition coefficient (Wildman–Crippen LogP) is 3.04. The first-order chi connectivity index (χ1) is 7.04. The van der Waals surface area contributed by atoms with Crippen molar-refractivity contribution in [1.29, 1.82) is 0 Å². The Bertz CT molecular complexity index is 363. The van der Waals surface area contributed by atoms with Gasteiger partial charge in [0.2, 0.25) is 0 Å². The van der Waals surface area contributed by atoms with E-state index in [0.29, 0.717) is 0 Å². The highest BCUT2D eigenvalue weighted by Crippen LogP contribution is 2.29. The molecule has 0 spiro atoms. The van der Waals surface area contributed by atoms with E-state index in [1.54, 1.807) is 7.11 Å². The van der Waals surface area contributed by atoms with Gasteiger partial charge >= 0.3 is 5.97 Å². The van der Waals surface area contributed by atoms with Gasteiger partial charge in [-0.1, -0.05) is 13.0 Å². The average Bonchev–Trinajstić information content (AvgIpc) is 2.16. The molecule has 0 amide bonds. The fourth-order valence-electron chi connectivity index (χ4n) is 1.37. The third-order valence-electron chi connectivity index (χ3n) is 2.23. The Morgan fingerprint density at radius 3 is 2.73 bits per heavy atom. The van der Waals surface area contributed by atoms with Crippen molar-refractivity contribution in [1.82, 2.24) is 0 Å². The van der Waals surface area contributed by atoms with Crippen LogP contribution in [0, 0.1) is 0 Å². The number of carboxylic acids is 1. The maximum Gasteiger partial charge on any atom is 0.303 e. The molecule has 0 saturated carbocycles. The smallest absolute Gasteiger partial charge is 0.303 e. The van der Waals surface area contributed by atoms with Crippen molar-refractivity contribution in [3.8, 4) is 5.75 Å². The largest absolute Gasteiger partial charge is 0.496 e. The van der Waals surface area contributed by atoms with E-state index in [-0.39, 0.29) is 12.3 Å². The fourth-order valence-corrected chi connectivity index (χ4v) is 1.93. The molecule has 0 bridgehead atoms. The van der Waals surface area contributed by atoms with Gasteiger partial charge in [-0.15, -0.1) is 0 Å². The van der Waals surface area contributed by atoms with Crippen LogP contribution in [0.15, 0.2) is 22.7 Å². The van der Waals surface area contributed by atoms with Gasteiger partial charge in [0.05, 0.1) is 18.0 Å². The molecule has 1 unspecified atom stereocenters. The molecular formula is C11H13BrO3. The molecular weight excluding hydrogens is 260 g/mol. The van der Waals surface area contributed by atoms with E-state index in [1.165, 1.54) is 0 Å². The van der Waals surface area contributed by atoms with E-state index >= 15 is 0 Å². The lowest BCUT2D eigenvalue weighted by Gasteiger charge is -2.11. The first-order valence-electron chi connectivity index (χ1n) is 4.59. The van der Waals surface area contributed by atoms with Crippen LogP contribution < -0.4 is 4.74 Å². The summed E-state index contributed by atoms with van der Waals surface area (Å²) in [7, 11) is 1.60. The van der Waals surface area contributed by atoms with E-state index in [1.807, 2.05) is 25.1 Å². The molecule has 4 heteroatoms. The number of hydrogen-bond donors (Lipinski definition) is 1. The average molecular weight is 273 g/mol. The lowest BCUT2D eigenvalue weighted by atomic mass is 9.98. The van der Waals surface area contributed by atoms with Gasteiger partial charge in [0.1, 0.15) is 5.75 Å². The summed E-state index contributed by atoms with van der Waals surface area (Å²) in [6.07, 6.45) is 0.138. The van der Waals surface area contributed by atoms with Crippen LogP contribution in [0.4, 0.5) is 0 Å². The summed E-state index contributed by atoms with van der Waals surface area (Å²) in [4.78, 5) is 10.6. The second-order valence-electron chi connectivity index (χ2n) is 3.39. The summed E-state index contributed by atoms with van der Waals surface area (Å²) in [5, 5.41) is 8.68. The molecule has 0 aliphatic heterocycles. The number of carbonyl (C=O) groups is 1. The Morgan fingerprint density at radius 2 is 2.27 bits per heavy atom. The summed E-state index contributed by atoms with van der Waals surface area (Å²) >= 11 is 3.37. The number of benzene rings is 1. The standard InChI is InChI=1S/C11H13BrO3/c1-7(5-11(13)14)8-3-4-10(15-2)9(12)6-8/h3-4,6-7H,5H2,1-2H3,(H,13,14). The lowest BCUT2D eigenvalue weighted by Crippen LogP contribution is -2.02. The maximum absolute atomic E-state index is 10.6. The Kier molecular flexibility index (Phi) is 4.15. The molecule has 1 aromatic carbocycles. The van der Waals surface area contributed by atoms with Gasteiger partial charge in [0.25, 0.3) is 0 Å². The number of hydrogen-bond acceptors (Lipinski definition) is 2. The Hall–Kier alpha value is -1.03. The molecule has 0 aliphatic rings. The monoisotopic (exact) mass is 272 g/mol. The molecule has 0 heterocycles. The zero-order chi connectivity index (χ0) is 11.4. The number of rotatable bonds is 4. The highest BCUT2D eigenvalue weighted by Gasteiger charge is 2.11. The molecule has 0 aromatic heterocycles. The normalized spacial score (nSPS) is 12.2. The van der Waals surface area contributed by atoms with Crippen LogP contribution in [0.1, 0.15) is 24.8 Å². The minimum absolute atomic E-state index is 0.00436. The van der Waals surface area contributed by atoms with Crippen LogP contribution in [0.5, 0.6) is 5.75 Å². The van der Waals surface area contributed by atoms with Gasteiger partial charge in [0, 0.05) is 0 Å². The molecule has 0 saturated heterocycles. The molecule has 1 N–H and O–H groups in total. The minimum Gasteiger partial charge on any atom is -0.496 e. The van der Waals surface area contributed by atoms with Crippen LogP contribution in [0.25, 0.3) is 0 Å². The van der Waals surface area contributed by atoms with Crippen LogP contribution >= 0.6 is 15.9 Å². The Morgan fingerprint density at radius 1 is 1.60 bits per heavy atom. The van der Waals surface area contributed by atoms with Crippen LogP contribution in [-0.4, -0.2) is 18.2 Å².